The van der Waals surface area contributed by atoms with Crippen molar-refractivity contribution in [2.24, 2.45) is 4.99 Å². The zero-order valence-electron chi connectivity index (χ0n) is 16.0. The van der Waals surface area contributed by atoms with Crippen LogP contribution in [0.3, 0.4) is 0 Å². The quantitative estimate of drug-likeness (QED) is 0.558. The first-order valence-electron chi connectivity index (χ1n) is 9.94. The Morgan fingerprint density at radius 2 is 1.76 bits per heavy atom. The summed E-state index contributed by atoms with van der Waals surface area (Å²) in [5.74, 6) is 1.08. The van der Waals surface area contributed by atoms with Crippen molar-refractivity contribution >= 4 is 5.96 Å². The van der Waals surface area contributed by atoms with Crippen LogP contribution in [0.25, 0.3) is 0 Å². The Labute approximate surface area is 152 Å². The average molecular weight is 354 g/mol. The summed E-state index contributed by atoms with van der Waals surface area (Å²) in [6.07, 6.45) is 1.23. The van der Waals surface area contributed by atoms with Crippen LogP contribution in [0.1, 0.15) is 20.3 Å². The first-order chi connectivity index (χ1) is 12.3. The second-order valence-corrected chi connectivity index (χ2v) is 7.23. The molecule has 0 spiro atoms. The summed E-state index contributed by atoms with van der Waals surface area (Å²) in [6, 6.07) is 1.11. The van der Waals surface area contributed by atoms with Crippen LogP contribution in [0.4, 0.5) is 0 Å². The molecule has 0 radical (unpaired) electrons. The molecule has 3 saturated heterocycles. The summed E-state index contributed by atoms with van der Waals surface area (Å²) in [7, 11) is 0. The number of nitrogens with one attached hydrogen (secondary N) is 1. The molecular weight excluding hydrogens is 318 g/mol. The highest BCUT2D eigenvalue weighted by Gasteiger charge is 2.30. The minimum absolute atomic E-state index is 0.468. The van der Waals surface area contributed by atoms with Gasteiger partial charge in [0.25, 0.3) is 0 Å². The van der Waals surface area contributed by atoms with Crippen LogP contribution in [0.15, 0.2) is 4.99 Å². The second kappa shape index (κ2) is 9.71. The van der Waals surface area contributed by atoms with E-state index in [4.69, 9.17) is 14.5 Å². The molecule has 0 aliphatic carbocycles. The highest BCUT2D eigenvalue weighted by Crippen LogP contribution is 2.17. The maximum atomic E-state index is 5.49. The van der Waals surface area contributed by atoms with Gasteiger partial charge in [0, 0.05) is 57.9 Å². The Hall–Kier alpha value is -0.890. The Balaban J connectivity index is 1.52. The molecule has 7 nitrogen and oxygen atoms in total. The lowest BCUT2D eigenvalue weighted by Gasteiger charge is -2.33. The van der Waals surface area contributed by atoms with E-state index in [1.165, 1.54) is 6.42 Å². The summed E-state index contributed by atoms with van der Waals surface area (Å²) in [6.45, 7) is 16.0. The van der Waals surface area contributed by atoms with Gasteiger partial charge in [-0.05, 0) is 20.3 Å². The number of rotatable bonds is 5. The summed E-state index contributed by atoms with van der Waals surface area (Å²) in [5, 5.41) is 3.50. The Morgan fingerprint density at radius 3 is 2.44 bits per heavy atom. The number of morpholine rings is 2. The molecule has 0 aromatic heterocycles. The molecule has 144 valence electrons. The highest BCUT2D eigenvalue weighted by molar-refractivity contribution is 5.80. The number of likely N-dealkylation sites (tertiary alicyclic amines) is 1. The van der Waals surface area contributed by atoms with Crippen LogP contribution in [0.5, 0.6) is 0 Å². The summed E-state index contributed by atoms with van der Waals surface area (Å²) in [4.78, 5) is 12.5. The second-order valence-electron chi connectivity index (χ2n) is 7.23. The SMILES string of the molecule is CCNC(=NCC(C)N1CCOCC1)N1CCC(N2CCOCC2)C1. The standard InChI is InChI=1S/C18H35N5O2/c1-3-19-18(20-14-16(2)21-6-10-24-11-7-21)23-5-4-17(15-23)22-8-12-25-13-9-22/h16-17H,3-15H2,1-2H3,(H,19,20). The number of hydrogen-bond acceptors (Lipinski definition) is 5. The third-order valence-corrected chi connectivity index (χ3v) is 5.53. The van der Waals surface area contributed by atoms with Crippen molar-refractivity contribution in [3.8, 4) is 0 Å². The van der Waals surface area contributed by atoms with Crippen molar-refractivity contribution in [3.63, 3.8) is 0 Å². The molecule has 2 unspecified atom stereocenters. The topological polar surface area (TPSA) is 52.6 Å². The molecule has 0 bridgehead atoms. The minimum Gasteiger partial charge on any atom is -0.379 e. The van der Waals surface area contributed by atoms with Gasteiger partial charge in [-0.1, -0.05) is 0 Å². The fourth-order valence-electron chi connectivity index (χ4n) is 3.95. The van der Waals surface area contributed by atoms with Crippen molar-refractivity contribution in [1.82, 2.24) is 20.0 Å². The van der Waals surface area contributed by atoms with Crippen molar-refractivity contribution in [1.29, 1.82) is 0 Å². The predicted octanol–water partition coefficient (Wildman–Crippen LogP) is 0.0791. The maximum absolute atomic E-state index is 5.49. The van der Waals surface area contributed by atoms with Gasteiger partial charge >= 0.3 is 0 Å². The molecule has 0 aromatic carbocycles. The van der Waals surface area contributed by atoms with Gasteiger partial charge in [-0.2, -0.15) is 0 Å². The molecule has 3 rings (SSSR count). The first kappa shape index (κ1) is 18.9. The van der Waals surface area contributed by atoms with Gasteiger partial charge in [-0.15, -0.1) is 0 Å². The van der Waals surface area contributed by atoms with Crippen LogP contribution in [-0.2, 0) is 9.47 Å². The van der Waals surface area contributed by atoms with Gasteiger partial charge in [0.2, 0.25) is 0 Å². The van der Waals surface area contributed by atoms with Gasteiger partial charge < -0.3 is 19.7 Å². The number of hydrogen-bond donors (Lipinski definition) is 1. The van der Waals surface area contributed by atoms with Gasteiger partial charge in [-0.3, -0.25) is 14.8 Å². The monoisotopic (exact) mass is 353 g/mol. The van der Waals surface area contributed by atoms with Crippen molar-refractivity contribution < 1.29 is 9.47 Å². The van der Waals surface area contributed by atoms with Crippen LogP contribution >= 0.6 is 0 Å². The van der Waals surface area contributed by atoms with E-state index < -0.39 is 0 Å². The largest absolute Gasteiger partial charge is 0.379 e. The number of guanidine groups is 1. The fourth-order valence-corrected chi connectivity index (χ4v) is 3.95. The summed E-state index contributed by atoms with van der Waals surface area (Å²) in [5.41, 5.74) is 0. The van der Waals surface area contributed by atoms with Gasteiger partial charge in [0.15, 0.2) is 5.96 Å². The molecule has 0 amide bonds. The highest BCUT2D eigenvalue weighted by atomic mass is 16.5. The van der Waals surface area contributed by atoms with Crippen molar-refractivity contribution in [3.05, 3.63) is 0 Å². The lowest BCUT2D eigenvalue weighted by molar-refractivity contribution is 0.0194. The van der Waals surface area contributed by atoms with E-state index in [1.54, 1.807) is 0 Å². The van der Waals surface area contributed by atoms with E-state index in [-0.39, 0.29) is 0 Å². The van der Waals surface area contributed by atoms with E-state index in [1.807, 2.05) is 0 Å². The lowest BCUT2D eigenvalue weighted by atomic mass is 10.2. The van der Waals surface area contributed by atoms with Crippen LogP contribution < -0.4 is 5.32 Å². The zero-order valence-corrected chi connectivity index (χ0v) is 16.0. The van der Waals surface area contributed by atoms with Crippen molar-refractivity contribution in [2.75, 3.05) is 78.8 Å². The summed E-state index contributed by atoms with van der Waals surface area (Å²) >= 11 is 0. The third kappa shape index (κ3) is 5.29. The van der Waals surface area contributed by atoms with Gasteiger partial charge in [-0.25, -0.2) is 0 Å². The molecule has 0 aromatic rings. The number of ether oxygens (including phenoxy) is 2. The molecule has 3 fully saturated rings. The molecule has 3 aliphatic rings. The smallest absolute Gasteiger partial charge is 0.194 e. The Morgan fingerprint density at radius 1 is 1.08 bits per heavy atom. The minimum atomic E-state index is 0.468. The molecule has 0 saturated carbocycles. The molecule has 3 heterocycles. The molecule has 3 aliphatic heterocycles. The van der Waals surface area contributed by atoms with E-state index in [9.17, 15) is 0 Å². The van der Waals surface area contributed by atoms with E-state index >= 15 is 0 Å². The predicted molar refractivity (Wildman–Crippen MR) is 100 cm³/mol. The normalized spacial score (nSPS) is 28.3. The molecular formula is C18H35N5O2. The molecule has 1 N–H and O–H groups in total. The number of nitrogens with zero attached hydrogens (tertiary/aromatic N) is 4. The van der Waals surface area contributed by atoms with Crippen molar-refractivity contribution in [2.45, 2.75) is 32.4 Å². The molecule has 25 heavy (non-hydrogen) atoms. The van der Waals surface area contributed by atoms with Gasteiger partial charge in [0.1, 0.15) is 0 Å². The summed E-state index contributed by atoms with van der Waals surface area (Å²) < 4.78 is 10.9. The molecule has 7 heteroatoms. The van der Waals surface area contributed by atoms with E-state index in [0.29, 0.717) is 12.1 Å². The third-order valence-electron chi connectivity index (χ3n) is 5.53. The van der Waals surface area contributed by atoms with E-state index in [0.717, 1.165) is 84.7 Å². The van der Waals surface area contributed by atoms with Crippen LogP contribution in [-0.4, -0.2) is 112 Å². The first-order valence-corrected chi connectivity index (χ1v) is 9.94. The Bertz CT molecular complexity index is 422. The number of aliphatic imine (C=N–C) groups is 1. The zero-order chi connectivity index (χ0) is 17.5. The maximum Gasteiger partial charge on any atom is 0.194 e. The average Bonchev–Trinajstić information content (AvgIpc) is 3.16. The van der Waals surface area contributed by atoms with E-state index in [2.05, 4.69) is 33.9 Å². The lowest BCUT2D eigenvalue weighted by Crippen LogP contribution is -2.47. The van der Waals surface area contributed by atoms with Gasteiger partial charge in [0.05, 0.1) is 33.0 Å². The van der Waals surface area contributed by atoms with Crippen LogP contribution in [0.2, 0.25) is 0 Å². The molecule has 2 atom stereocenters. The fraction of sp³-hybridized carbons (Fsp3) is 0.944. The Kier molecular flexibility index (Phi) is 7.34. The van der Waals surface area contributed by atoms with Crippen LogP contribution in [0, 0.1) is 0 Å².